The Morgan fingerprint density at radius 2 is 1.76 bits per heavy atom. The fourth-order valence-electron chi connectivity index (χ4n) is 1.49. The predicted molar refractivity (Wildman–Crippen MR) is 74.0 cm³/mol. The van der Waals surface area contributed by atoms with Gasteiger partial charge >= 0.3 is 0 Å². The van der Waals surface area contributed by atoms with Crippen molar-refractivity contribution >= 4 is 14.0 Å². The van der Waals surface area contributed by atoms with E-state index in [1.54, 1.807) is 12.1 Å². The Morgan fingerprint density at radius 3 is 2.18 bits per heavy atom. The van der Waals surface area contributed by atoms with E-state index in [0.29, 0.717) is 5.69 Å². The van der Waals surface area contributed by atoms with Crippen LogP contribution in [0.3, 0.4) is 0 Å². The first-order valence-corrected chi connectivity index (χ1v) is 8.86. The summed E-state index contributed by atoms with van der Waals surface area (Å²) in [5, 5.41) is 2.87. The molecule has 0 heterocycles. The van der Waals surface area contributed by atoms with Crippen LogP contribution in [0.5, 0.6) is 0 Å². The lowest BCUT2D eigenvalue weighted by Gasteiger charge is -2.35. The van der Waals surface area contributed by atoms with Crippen LogP contribution in [-0.2, 0) is 6.42 Å². The maximum absolute atomic E-state index is 10.3. The number of hydrogen-bond donors (Lipinski definition) is 1. The van der Waals surface area contributed by atoms with Gasteiger partial charge in [0.25, 0.3) is 0 Å². The molecule has 0 aromatic heterocycles. The molecule has 1 N–H and O–H groups in total. The summed E-state index contributed by atoms with van der Waals surface area (Å²) in [5.41, 5.74) is 1.65. The second-order valence-corrected chi connectivity index (χ2v) is 10.2. The SMILES string of the molecule is CC(C)(CCc1ccc(N=O)cc1)[Si](C)(C)O. The Hall–Kier alpha value is -1.00. The largest absolute Gasteiger partial charge is 0.432 e. The smallest absolute Gasteiger partial charge is 0.188 e. The first-order chi connectivity index (χ1) is 7.76. The van der Waals surface area contributed by atoms with Crippen molar-refractivity contribution in [2.75, 3.05) is 0 Å². The Morgan fingerprint density at radius 1 is 1.24 bits per heavy atom. The number of aryl methyl sites for hydroxylation is 1. The highest BCUT2D eigenvalue weighted by Crippen LogP contribution is 2.39. The molecule has 0 aliphatic heterocycles. The zero-order chi connectivity index (χ0) is 13.1. The van der Waals surface area contributed by atoms with E-state index in [0.717, 1.165) is 12.8 Å². The van der Waals surface area contributed by atoms with Crippen LogP contribution in [0.4, 0.5) is 5.69 Å². The quantitative estimate of drug-likeness (QED) is 0.635. The molecule has 0 aliphatic carbocycles. The number of rotatable bonds is 5. The van der Waals surface area contributed by atoms with Gasteiger partial charge in [-0.05, 0) is 53.8 Å². The van der Waals surface area contributed by atoms with Gasteiger partial charge in [0.2, 0.25) is 0 Å². The van der Waals surface area contributed by atoms with Crippen molar-refractivity contribution in [2.24, 2.45) is 5.18 Å². The van der Waals surface area contributed by atoms with Crippen LogP contribution in [0.25, 0.3) is 0 Å². The number of nitrogens with zero attached hydrogens (tertiary/aromatic N) is 1. The van der Waals surface area contributed by atoms with Crippen molar-refractivity contribution in [3.8, 4) is 0 Å². The summed E-state index contributed by atoms with van der Waals surface area (Å²) in [5.74, 6) is 0. The highest BCUT2D eigenvalue weighted by atomic mass is 28.4. The second-order valence-electron chi connectivity index (χ2n) is 5.70. The third-order valence-electron chi connectivity index (χ3n) is 3.74. The Kier molecular flexibility index (Phi) is 4.22. The maximum atomic E-state index is 10.3. The van der Waals surface area contributed by atoms with Gasteiger partial charge in [0, 0.05) is 0 Å². The summed E-state index contributed by atoms with van der Waals surface area (Å²) in [4.78, 5) is 20.5. The second kappa shape index (κ2) is 5.10. The molecular weight excluding hydrogens is 230 g/mol. The van der Waals surface area contributed by atoms with Gasteiger partial charge in [0.05, 0.1) is 0 Å². The van der Waals surface area contributed by atoms with Crippen LogP contribution < -0.4 is 0 Å². The summed E-state index contributed by atoms with van der Waals surface area (Å²) in [7, 11) is -2.13. The van der Waals surface area contributed by atoms with E-state index in [2.05, 4.69) is 19.0 Å². The summed E-state index contributed by atoms with van der Waals surface area (Å²) in [6.07, 6.45) is 1.87. The zero-order valence-electron chi connectivity index (χ0n) is 11.0. The molecule has 1 aromatic rings. The van der Waals surface area contributed by atoms with E-state index in [1.165, 1.54) is 5.56 Å². The minimum absolute atomic E-state index is 0.00538. The van der Waals surface area contributed by atoms with Crippen molar-refractivity contribution < 1.29 is 4.80 Å². The van der Waals surface area contributed by atoms with Crippen LogP contribution in [-0.4, -0.2) is 13.1 Å². The van der Waals surface area contributed by atoms with Gasteiger partial charge in [-0.25, -0.2) is 0 Å². The molecule has 0 amide bonds. The average Bonchev–Trinajstić information content (AvgIpc) is 2.25. The number of nitroso groups, excluding NO2 is 1. The molecular formula is C13H21NO2Si. The van der Waals surface area contributed by atoms with E-state index in [9.17, 15) is 9.70 Å². The fourth-order valence-corrected chi connectivity index (χ4v) is 2.22. The molecule has 4 heteroatoms. The van der Waals surface area contributed by atoms with Gasteiger partial charge in [0.15, 0.2) is 8.32 Å². The molecule has 0 atom stereocenters. The van der Waals surface area contributed by atoms with E-state index in [1.807, 2.05) is 25.2 Å². The Labute approximate surface area is 104 Å². The van der Waals surface area contributed by atoms with Gasteiger partial charge in [0.1, 0.15) is 5.69 Å². The highest BCUT2D eigenvalue weighted by molar-refractivity contribution is 6.72. The molecule has 0 aliphatic rings. The molecule has 17 heavy (non-hydrogen) atoms. The summed E-state index contributed by atoms with van der Waals surface area (Å²) in [6, 6.07) is 7.32. The molecule has 0 bridgehead atoms. The highest BCUT2D eigenvalue weighted by Gasteiger charge is 2.37. The predicted octanol–water partition coefficient (Wildman–Crippen LogP) is 3.99. The maximum Gasteiger partial charge on any atom is 0.188 e. The lowest BCUT2D eigenvalue weighted by atomic mass is 10.0. The van der Waals surface area contributed by atoms with Crippen LogP contribution in [0, 0.1) is 4.91 Å². The monoisotopic (exact) mass is 251 g/mol. The third kappa shape index (κ3) is 3.75. The zero-order valence-corrected chi connectivity index (χ0v) is 12.0. The van der Waals surface area contributed by atoms with Gasteiger partial charge in [-0.1, -0.05) is 26.0 Å². The van der Waals surface area contributed by atoms with Gasteiger partial charge in [-0.2, -0.15) is 0 Å². The van der Waals surface area contributed by atoms with Gasteiger partial charge < -0.3 is 4.80 Å². The van der Waals surface area contributed by atoms with Crippen molar-refractivity contribution in [3.05, 3.63) is 34.7 Å². The Bertz CT molecular complexity index is 379. The fraction of sp³-hybridized carbons (Fsp3) is 0.538. The molecule has 0 saturated carbocycles. The van der Waals surface area contributed by atoms with E-state index < -0.39 is 8.32 Å². The first kappa shape index (κ1) is 14.1. The van der Waals surface area contributed by atoms with Crippen molar-refractivity contribution in [2.45, 2.75) is 44.8 Å². The van der Waals surface area contributed by atoms with Crippen LogP contribution >= 0.6 is 0 Å². The first-order valence-electron chi connectivity index (χ1n) is 5.91. The lowest BCUT2D eigenvalue weighted by Crippen LogP contribution is -2.39. The standard InChI is InChI=1S/C13H21NO2Si/c1-13(2,17(3,4)16)10-9-11-5-7-12(14-15)8-6-11/h5-8,16H,9-10H2,1-4H3. The number of hydrogen-bond acceptors (Lipinski definition) is 3. The van der Waals surface area contributed by atoms with Gasteiger partial charge in [-0.3, -0.25) is 0 Å². The van der Waals surface area contributed by atoms with Crippen molar-refractivity contribution in [1.82, 2.24) is 0 Å². The molecule has 1 rings (SSSR count). The molecule has 0 radical (unpaired) electrons. The molecule has 1 aromatic carbocycles. The summed E-state index contributed by atoms with van der Waals surface area (Å²) < 4.78 is 0. The van der Waals surface area contributed by atoms with Crippen LogP contribution in [0.15, 0.2) is 29.4 Å². The minimum Gasteiger partial charge on any atom is -0.432 e. The molecule has 94 valence electrons. The molecule has 0 fully saturated rings. The van der Waals surface area contributed by atoms with E-state index in [4.69, 9.17) is 0 Å². The van der Waals surface area contributed by atoms with E-state index >= 15 is 0 Å². The Balaban J connectivity index is 2.64. The third-order valence-corrected chi connectivity index (χ3v) is 7.30. The molecule has 3 nitrogen and oxygen atoms in total. The molecule has 0 unspecified atom stereocenters. The van der Waals surface area contributed by atoms with Gasteiger partial charge in [-0.15, -0.1) is 4.91 Å². The summed E-state index contributed by atoms with van der Waals surface area (Å²) >= 11 is 0. The van der Waals surface area contributed by atoms with Crippen molar-refractivity contribution in [3.63, 3.8) is 0 Å². The van der Waals surface area contributed by atoms with Crippen molar-refractivity contribution in [1.29, 1.82) is 0 Å². The molecule has 0 spiro atoms. The topological polar surface area (TPSA) is 49.7 Å². The minimum atomic E-state index is -2.13. The summed E-state index contributed by atoms with van der Waals surface area (Å²) in [6.45, 7) is 8.21. The number of benzene rings is 1. The van der Waals surface area contributed by atoms with Crippen LogP contribution in [0.2, 0.25) is 18.1 Å². The average molecular weight is 251 g/mol. The lowest BCUT2D eigenvalue weighted by molar-refractivity contribution is 0.451. The van der Waals surface area contributed by atoms with Crippen LogP contribution in [0.1, 0.15) is 25.8 Å². The van der Waals surface area contributed by atoms with E-state index in [-0.39, 0.29) is 5.04 Å². The molecule has 0 saturated heterocycles. The normalized spacial score (nSPS) is 12.5.